The van der Waals surface area contributed by atoms with Crippen molar-refractivity contribution in [1.29, 1.82) is 0 Å². The minimum absolute atomic E-state index is 0.185. The van der Waals surface area contributed by atoms with Gasteiger partial charge >= 0.3 is 0 Å². The average molecular weight is 290 g/mol. The van der Waals surface area contributed by atoms with E-state index in [1.165, 1.54) is 6.42 Å². The Morgan fingerprint density at radius 3 is 2.86 bits per heavy atom. The second-order valence-corrected chi connectivity index (χ2v) is 6.28. The second-order valence-electron chi connectivity index (χ2n) is 6.28. The van der Waals surface area contributed by atoms with Crippen LogP contribution in [0.1, 0.15) is 33.6 Å². The van der Waals surface area contributed by atoms with E-state index in [-0.39, 0.29) is 5.91 Å². The summed E-state index contributed by atoms with van der Waals surface area (Å²) in [5, 5.41) is 0. The first-order valence-corrected chi connectivity index (χ1v) is 7.75. The molecule has 2 N–H and O–H groups in total. The summed E-state index contributed by atoms with van der Waals surface area (Å²) in [5.74, 6) is 2.04. The third-order valence-electron chi connectivity index (χ3n) is 4.36. The van der Waals surface area contributed by atoms with E-state index in [1.54, 1.807) is 6.07 Å². The van der Waals surface area contributed by atoms with E-state index >= 15 is 0 Å². The van der Waals surface area contributed by atoms with E-state index in [1.807, 2.05) is 23.1 Å². The number of ether oxygens (including phenoxy) is 1. The molecule has 1 aromatic rings. The van der Waals surface area contributed by atoms with Crippen LogP contribution in [0.15, 0.2) is 24.3 Å². The van der Waals surface area contributed by atoms with Crippen LogP contribution in [-0.4, -0.2) is 30.0 Å². The zero-order valence-electron chi connectivity index (χ0n) is 13.2. The largest absolute Gasteiger partial charge is 0.493 e. The SMILES string of the molecule is CC1CC(C)C(C)N(C(=O)CCOc2cccc(N)c2)C1. The molecule has 0 aromatic heterocycles. The highest BCUT2D eigenvalue weighted by Gasteiger charge is 2.31. The number of hydrogen-bond donors (Lipinski definition) is 1. The number of anilines is 1. The smallest absolute Gasteiger partial charge is 0.226 e. The molecule has 1 fully saturated rings. The van der Waals surface area contributed by atoms with Gasteiger partial charge < -0.3 is 15.4 Å². The number of nitrogen functional groups attached to an aromatic ring is 1. The highest BCUT2D eigenvalue weighted by atomic mass is 16.5. The summed E-state index contributed by atoms with van der Waals surface area (Å²) >= 11 is 0. The van der Waals surface area contributed by atoms with Crippen molar-refractivity contribution in [3.05, 3.63) is 24.3 Å². The average Bonchev–Trinajstić information content (AvgIpc) is 2.42. The van der Waals surface area contributed by atoms with Crippen LogP contribution in [0.3, 0.4) is 0 Å². The fourth-order valence-electron chi connectivity index (χ4n) is 3.05. The molecule has 1 aliphatic heterocycles. The predicted molar refractivity (Wildman–Crippen MR) is 85.1 cm³/mol. The minimum Gasteiger partial charge on any atom is -0.493 e. The Labute approximate surface area is 127 Å². The topological polar surface area (TPSA) is 55.6 Å². The van der Waals surface area contributed by atoms with Crippen LogP contribution >= 0.6 is 0 Å². The number of amides is 1. The Balaban J connectivity index is 1.84. The summed E-state index contributed by atoms with van der Waals surface area (Å²) in [6.07, 6.45) is 1.61. The molecule has 21 heavy (non-hydrogen) atoms. The Kier molecular flexibility index (Phi) is 5.10. The number of nitrogens with zero attached hydrogens (tertiary/aromatic N) is 1. The molecule has 1 aliphatic rings. The molecule has 4 heteroatoms. The summed E-state index contributed by atoms with van der Waals surface area (Å²) in [7, 11) is 0. The van der Waals surface area contributed by atoms with Crippen LogP contribution < -0.4 is 10.5 Å². The molecular weight excluding hydrogens is 264 g/mol. The molecule has 0 radical (unpaired) electrons. The molecule has 1 aromatic carbocycles. The van der Waals surface area contributed by atoms with E-state index < -0.39 is 0 Å². The van der Waals surface area contributed by atoms with E-state index in [2.05, 4.69) is 20.8 Å². The molecule has 0 spiro atoms. The summed E-state index contributed by atoms with van der Waals surface area (Å²) in [4.78, 5) is 14.4. The van der Waals surface area contributed by atoms with Gasteiger partial charge in [-0.05, 0) is 37.3 Å². The van der Waals surface area contributed by atoms with Gasteiger partial charge in [0, 0.05) is 24.3 Å². The lowest BCUT2D eigenvalue weighted by molar-refractivity contribution is -0.137. The second kappa shape index (κ2) is 6.83. The van der Waals surface area contributed by atoms with Gasteiger partial charge in [0.15, 0.2) is 0 Å². The zero-order valence-corrected chi connectivity index (χ0v) is 13.2. The van der Waals surface area contributed by atoms with Crippen molar-refractivity contribution >= 4 is 11.6 Å². The number of rotatable bonds is 4. The summed E-state index contributed by atoms with van der Waals surface area (Å²) in [6, 6.07) is 7.62. The minimum atomic E-state index is 0.185. The summed E-state index contributed by atoms with van der Waals surface area (Å²) in [6.45, 7) is 7.85. The maximum absolute atomic E-state index is 12.4. The van der Waals surface area contributed by atoms with Crippen molar-refractivity contribution < 1.29 is 9.53 Å². The van der Waals surface area contributed by atoms with E-state index in [4.69, 9.17) is 10.5 Å². The lowest BCUT2D eigenvalue weighted by Gasteiger charge is -2.41. The standard InChI is InChI=1S/C17H26N2O2/c1-12-9-13(2)14(3)19(11-12)17(20)7-8-21-16-6-4-5-15(18)10-16/h4-6,10,12-14H,7-9,11,18H2,1-3H3. The molecule has 4 nitrogen and oxygen atoms in total. The van der Waals surface area contributed by atoms with Gasteiger partial charge in [-0.3, -0.25) is 4.79 Å². The number of piperidine rings is 1. The van der Waals surface area contributed by atoms with Gasteiger partial charge in [-0.1, -0.05) is 19.9 Å². The van der Waals surface area contributed by atoms with Crippen molar-refractivity contribution in [2.24, 2.45) is 11.8 Å². The number of hydrogen-bond acceptors (Lipinski definition) is 3. The van der Waals surface area contributed by atoms with Crippen molar-refractivity contribution in [3.8, 4) is 5.75 Å². The molecule has 116 valence electrons. The maximum Gasteiger partial charge on any atom is 0.226 e. The first-order valence-electron chi connectivity index (χ1n) is 7.75. The number of carbonyl (C=O) groups is 1. The van der Waals surface area contributed by atoms with Crippen molar-refractivity contribution in [2.75, 3.05) is 18.9 Å². The molecule has 1 saturated heterocycles. The predicted octanol–water partition coefficient (Wildman–Crippen LogP) is 2.93. The van der Waals surface area contributed by atoms with E-state index in [0.29, 0.717) is 36.6 Å². The summed E-state index contributed by atoms with van der Waals surface area (Å²) < 4.78 is 5.61. The first kappa shape index (κ1) is 15.7. The Hall–Kier alpha value is -1.71. The van der Waals surface area contributed by atoms with Crippen LogP contribution in [0, 0.1) is 11.8 Å². The normalized spacial score (nSPS) is 25.7. The molecule has 0 aliphatic carbocycles. The molecule has 1 amide bonds. The molecule has 3 unspecified atom stereocenters. The lowest BCUT2D eigenvalue weighted by Crippen LogP contribution is -2.49. The third kappa shape index (κ3) is 4.13. The van der Waals surface area contributed by atoms with Gasteiger partial charge in [0.05, 0.1) is 13.0 Å². The highest BCUT2D eigenvalue weighted by molar-refractivity contribution is 5.76. The monoisotopic (exact) mass is 290 g/mol. The van der Waals surface area contributed by atoms with Gasteiger partial charge in [0.2, 0.25) is 5.91 Å². The highest BCUT2D eigenvalue weighted by Crippen LogP contribution is 2.27. The molecule has 2 rings (SSSR count). The molecule has 0 saturated carbocycles. The van der Waals surface area contributed by atoms with Crippen molar-refractivity contribution in [1.82, 2.24) is 4.90 Å². The molecule has 1 heterocycles. The molecule has 3 atom stereocenters. The Bertz CT molecular complexity index is 489. The van der Waals surface area contributed by atoms with Gasteiger partial charge in [0.25, 0.3) is 0 Å². The number of benzene rings is 1. The Morgan fingerprint density at radius 2 is 2.14 bits per heavy atom. The fraction of sp³-hybridized carbons (Fsp3) is 0.588. The quantitative estimate of drug-likeness (QED) is 0.867. The van der Waals surface area contributed by atoms with Crippen LogP contribution in [-0.2, 0) is 4.79 Å². The van der Waals surface area contributed by atoms with Crippen LogP contribution in [0.25, 0.3) is 0 Å². The molecular formula is C17H26N2O2. The van der Waals surface area contributed by atoms with Gasteiger partial charge in [0.1, 0.15) is 5.75 Å². The van der Waals surface area contributed by atoms with Gasteiger partial charge in [-0.25, -0.2) is 0 Å². The number of likely N-dealkylation sites (tertiary alicyclic amines) is 1. The van der Waals surface area contributed by atoms with Gasteiger partial charge in [-0.15, -0.1) is 0 Å². The van der Waals surface area contributed by atoms with Crippen molar-refractivity contribution in [2.45, 2.75) is 39.7 Å². The van der Waals surface area contributed by atoms with Crippen LogP contribution in [0.4, 0.5) is 5.69 Å². The van der Waals surface area contributed by atoms with E-state index in [9.17, 15) is 4.79 Å². The van der Waals surface area contributed by atoms with Gasteiger partial charge in [-0.2, -0.15) is 0 Å². The third-order valence-corrected chi connectivity index (χ3v) is 4.36. The Morgan fingerprint density at radius 1 is 1.38 bits per heavy atom. The van der Waals surface area contributed by atoms with Crippen molar-refractivity contribution in [3.63, 3.8) is 0 Å². The number of carbonyl (C=O) groups excluding carboxylic acids is 1. The number of nitrogens with two attached hydrogens (primary N) is 1. The first-order chi connectivity index (χ1) is 9.97. The summed E-state index contributed by atoms with van der Waals surface area (Å²) in [5.41, 5.74) is 6.37. The lowest BCUT2D eigenvalue weighted by atomic mass is 9.86. The molecule has 0 bridgehead atoms. The zero-order chi connectivity index (χ0) is 15.4. The maximum atomic E-state index is 12.4. The van der Waals surface area contributed by atoms with E-state index in [0.717, 1.165) is 12.3 Å². The fourth-order valence-corrected chi connectivity index (χ4v) is 3.05. The van der Waals surface area contributed by atoms with Crippen LogP contribution in [0.5, 0.6) is 5.75 Å². The van der Waals surface area contributed by atoms with Crippen LogP contribution in [0.2, 0.25) is 0 Å².